The first-order valence-electron chi connectivity index (χ1n) is 6.13. The highest BCUT2D eigenvalue weighted by molar-refractivity contribution is 9.10. The number of benzene rings is 2. The van der Waals surface area contributed by atoms with Gasteiger partial charge in [0.15, 0.2) is 0 Å². The van der Waals surface area contributed by atoms with Gasteiger partial charge < -0.3 is 5.32 Å². The maximum atomic E-state index is 13.0. The number of anilines is 1. The maximum absolute atomic E-state index is 13.0. The normalized spacial score (nSPS) is 16.8. The first-order valence-corrected chi connectivity index (χ1v) is 7.90. The number of fused-ring (bicyclic) bond motifs is 1. The van der Waals surface area contributed by atoms with Gasteiger partial charge >= 0.3 is 0 Å². The Morgan fingerprint density at radius 2 is 2.10 bits per heavy atom. The third-order valence-corrected chi connectivity index (χ3v) is 5.04. The molecular formula is C15H11BrFNOS. The fourth-order valence-corrected chi connectivity index (χ4v) is 3.87. The molecule has 0 spiro atoms. The van der Waals surface area contributed by atoms with E-state index in [-0.39, 0.29) is 17.6 Å². The van der Waals surface area contributed by atoms with Crippen LogP contribution in [-0.4, -0.2) is 11.7 Å². The maximum Gasteiger partial charge on any atom is 0.232 e. The third-order valence-electron chi connectivity index (χ3n) is 3.21. The van der Waals surface area contributed by atoms with Crippen LogP contribution in [0.4, 0.5) is 10.1 Å². The van der Waals surface area contributed by atoms with Crippen LogP contribution in [0.25, 0.3) is 0 Å². The molecule has 1 unspecified atom stereocenters. The van der Waals surface area contributed by atoms with E-state index in [0.29, 0.717) is 10.2 Å². The molecule has 0 saturated heterocycles. The minimum Gasteiger partial charge on any atom is -0.325 e. The van der Waals surface area contributed by atoms with Gasteiger partial charge in [0.05, 0.1) is 11.6 Å². The number of carbonyl (C=O) groups is 1. The Labute approximate surface area is 128 Å². The Morgan fingerprint density at radius 3 is 2.90 bits per heavy atom. The topological polar surface area (TPSA) is 29.1 Å². The zero-order valence-corrected chi connectivity index (χ0v) is 12.8. The number of rotatable bonds is 2. The van der Waals surface area contributed by atoms with Crippen molar-refractivity contribution in [2.24, 2.45) is 0 Å². The van der Waals surface area contributed by atoms with Crippen LogP contribution in [0.3, 0.4) is 0 Å². The fourth-order valence-electron chi connectivity index (χ4n) is 2.19. The number of hydrogen-bond acceptors (Lipinski definition) is 2. The van der Waals surface area contributed by atoms with Crippen molar-refractivity contribution < 1.29 is 9.18 Å². The van der Waals surface area contributed by atoms with E-state index in [1.807, 2.05) is 24.3 Å². The van der Waals surface area contributed by atoms with Crippen LogP contribution >= 0.6 is 27.7 Å². The molecule has 0 fully saturated rings. The summed E-state index contributed by atoms with van der Waals surface area (Å²) >= 11 is 4.94. The van der Waals surface area contributed by atoms with Crippen molar-refractivity contribution in [1.82, 2.24) is 0 Å². The SMILES string of the molecule is O=C(Nc1ccc(F)cc1Br)C1CSc2ccccc21. The van der Waals surface area contributed by atoms with Gasteiger partial charge in [0, 0.05) is 15.1 Å². The predicted molar refractivity (Wildman–Crippen MR) is 82.6 cm³/mol. The molecule has 0 aliphatic carbocycles. The third kappa shape index (κ3) is 2.60. The van der Waals surface area contributed by atoms with Gasteiger partial charge in [0.2, 0.25) is 5.91 Å². The molecule has 1 atom stereocenters. The van der Waals surface area contributed by atoms with Crippen molar-refractivity contribution in [3.63, 3.8) is 0 Å². The minimum atomic E-state index is -0.336. The second-order valence-corrected chi connectivity index (χ2v) is 6.43. The smallest absolute Gasteiger partial charge is 0.232 e. The summed E-state index contributed by atoms with van der Waals surface area (Å²) < 4.78 is 13.6. The molecule has 20 heavy (non-hydrogen) atoms. The predicted octanol–water partition coefficient (Wildman–Crippen LogP) is 4.42. The molecule has 1 amide bonds. The van der Waals surface area contributed by atoms with Gasteiger partial charge in [0.25, 0.3) is 0 Å². The molecule has 5 heteroatoms. The second-order valence-electron chi connectivity index (χ2n) is 4.51. The van der Waals surface area contributed by atoms with Crippen molar-refractivity contribution in [2.75, 3.05) is 11.1 Å². The lowest BCUT2D eigenvalue weighted by Crippen LogP contribution is -2.21. The van der Waals surface area contributed by atoms with Crippen molar-refractivity contribution >= 4 is 39.3 Å². The minimum absolute atomic E-state index is 0.0604. The van der Waals surface area contributed by atoms with Crippen LogP contribution in [0.1, 0.15) is 11.5 Å². The second kappa shape index (κ2) is 5.58. The van der Waals surface area contributed by atoms with E-state index in [1.165, 1.54) is 12.1 Å². The highest BCUT2D eigenvalue weighted by Crippen LogP contribution is 2.40. The van der Waals surface area contributed by atoms with Crippen LogP contribution in [0, 0.1) is 5.82 Å². The standard InChI is InChI=1S/C15H11BrFNOS/c16-12-7-9(17)5-6-13(12)18-15(19)11-8-20-14-4-2-1-3-10(11)14/h1-7,11H,8H2,(H,18,19). The number of nitrogens with one attached hydrogen (secondary N) is 1. The number of amides is 1. The van der Waals surface area contributed by atoms with Crippen molar-refractivity contribution in [3.8, 4) is 0 Å². The van der Waals surface area contributed by atoms with E-state index in [2.05, 4.69) is 21.2 Å². The number of carbonyl (C=O) groups excluding carboxylic acids is 1. The molecule has 3 rings (SSSR count). The van der Waals surface area contributed by atoms with E-state index >= 15 is 0 Å². The van der Waals surface area contributed by atoms with Crippen molar-refractivity contribution in [3.05, 3.63) is 58.3 Å². The molecule has 0 saturated carbocycles. The number of halogens is 2. The quantitative estimate of drug-likeness (QED) is 0.867. The number of thioether (sulfide) groups is 1. The summed E-state index contributed by atoms with van der Waals surface area (Å²) in [5, 5.41) is 2.85. The summed E-state index contributed by atoms with van der Waals surface area (Å²) in [4.78, 5) is 13.5. The summed E-state index contributed by atoms with van der Waals surface area (Å²) in [7, 11) is 0. The van der Waals surface area contributed by atoms with Crippen molar-refractivity contribution in [1.29, 1.82) is 0 Å². The summed E-state index contributed by atoms with van der Waals surface area (Å²) in [5.41, 5.74) is 1.65. The molecule has 0 radical (unpaired) electrons. The lowest BCUT2D eigenvalue weighted by molar-refractivity contribution is -0.117. The highest BCUT2D eigenvalue weighted by atomic mass is 79.9. The number of hydrogen-bond donors (Lipinski definition) is 1. The Kier molecular flexibility index (Phi) is 3.81. The van der Waals surface area contributed by atoms with Gasteiger partial charge in [-0.2, -0.15) is 0 Å². The lowest BCUT2D eigenvalue weighted by atomic mass is 10.0. The van der Waals surface area contributed by atoms with Crippen LogP contribution in [0.5, 0.6) is 0 Å². The average molecular weight is 352 g/mol. The molecule has 2 aromatic carbocycles. The van der Waals surface area contributed by atoms with Gasteiger partial charge in [-0.3, -0.25) is 4.79 Å². The zero-order chi connectivity index (χ0) is 14.1. The lowest BCUT2D eigenvalue weighted by Gasteiger charge is -2.12. The first kappa shape index (κ1) is 13.6. The zero-order valence-electron chi connectivity index (χ0n) is 10.4. The monoisotopic (exact) mass is 351 g/mol. The van der Waals surface area contributed by atoms with Gasteiger partial charge in [-0.15, -0.1) is 11.8 Å². The first-order chi connectivity index (χ1) is 9.65. The molecule has 0 bridgehead atoms. The Hall–Kier alpha value is -1.33. The average Bonchev–Trinajstić information content (AvgIpc) is 2.86. The summed E-state index contributed by atoms with van der Waals surface area (Å²) in [6, 6.07) is 12.2. The Bertz CT molecular complexity index is 677. The molecule has 0 aromatic heterocycles. The summed E-state index contributed by atoms with van der Waals surface area (Å²) in [6.45, 7) is 0. The molecule has 2 aromatic rings. The molecule has 1 aliphatic heterocycles. The van der Waals surface area contributed by atoms with Gasteiger partial charge in [-0.05, 0) is 45.8 Å². The van der Waals surface area contributed by atoms with E-state index in [4.69, 9.17) is 0 Å². The van der Waals surface area contributed by atoms with Gasteiger partial charge in [0.1, 0.15) is 5.82 Å². The molecule has 1 N–H and O–H groups in total. The summed E-state index contributed by atoms with van der Waals surface area (Å²) in [5.74, 6) is 0.184. The van der Waals surface area contributed by atoms with Crippen LogP contribution in [0.15, 0.2) is 51.8 Å². The summed E-state index contributed by atoms with van der Waals surface area (Å²) in [6.07, 6.45) is 0. The van der Waals surface area contributed by atoms with E-state index in [9.17, 15) is 9.18 Å². The molecule has 1 aliphatic rings. The van der Waals surface area contributed by atoms with Gasteiger partial charge in [-0.1, -0.05) is 18.2 Å². The van der Waals surface area contributed by atoms with Gasteiger partial charge in [-0.25, -0.2) is 4.39 Å². The van der Waals surface area contributed by atoms with E-state index in [1.54, 1.807) is 17.8 Å². The fraction of sp³-hybridized carbons (Fsp3) is 0.133. The van der Waals surface area contributed by atoms with E-state index in [0.717, 1.165) is 16.2 Å². The van der Waals surface area contributed by atoms with Crippen LogP contribution < -0.4 is 5.32 Å². The molecule has 102 valence electrons. The van der Waals surface area contributed by atoms with Crippen molar-refractivity contribution in [2.45, 2.75) is 10.8 Å². The molecular weight excluding hydrogens is 341 g/mol. The Morgan fingerprint density at radius 1 is 1.30 bits per heavy atom. The molecule has 1 heterocycles. The van der Waals surface area contributed by atoms with Crippen LogP contribution in [-0.2, 0) is 4.79 Å². The largest absolute Gasteiger partial charge is 0.325 e. The highest BCUT2D eigenvalue weighted by Gasteiger charge is 2.29. The van der Waals surface area contributed by atoms with E-state index < -0.39 is 0 Å². The van der Waals surface area contributed by atoms with Crippen LogP contribution in [0.2, 0.25) is 0 Å². The molecule has 2 nitrogen and oxygen atoms in total. The Balaban J connectivity index is 1.81.